The molecular formula is C30H38FN5O2S. The van der Waals surface area contributed by atoms with E-state index in [-0.39, 0.29) is 11.7 Å². The van der Waals surface area contributed by atoms with E-state index in [0.29, 0.717) is 29.0 Å². The van der Waals surface area contributed by atoms with Gasteiger partial charge in [0.25, 0.3) is 0 Å². The summed E-state index contributed by atoms with van der Waals surface area (Å²) in [4.78, 5) is 21.2. The van der Waals surface area contributed by atoms with Gasteiger partial charge in [-0.15, -0.1) is 0 Å². The summed E-state index contributed by atoms with van der Waals surface area (Å²) in [6, 6.07) is 4.60. The molecule has 0 saturated carbocycles. The fraction of sp³-hybridized carbons (Fsp3) is 0.533. The van der Waals surface area contributed by atoms with Crippen LogP contribution in [0.25, 0.3) is 16.6 Å². The second-order valence-electron chi connectivity index (χ2n) is 11.6. The van der Waals surface area contributed by atoms with Gasteiger partial charge in [-0.05, 0) is 86.7 Å². The average Bonchev–Trinajstić information content (AvgIpc) is 3.65. The highest BCUT2D eigenvalue weighted by Crippen LogP contribution is 2.35. The number of carbonyl (C=O) groups is 1. The average molecular weight is 552 g/mol. The van der Waals surface area contributed by atoms with Crippen molar-refractivity contribution in [3.8, 4) is 5.69 Å². The molecule has 6 rings (SSSR count). The number of hydrogen-bond acceptors (Lipinski definition) is 5. The van der Waals surface area contributed by atoms with Crippen LogP contribution in [0.5, 0.6) is 0 Å². The van der Waals surface area contributed by atoms with Crippen LogP contribution in [0.2, 0.25) is 0 Å². The van der Waals surface area contributed by atoms with Crippen molar-refractivity contribution in [2.45, 2.75) is 50.8 Å². The standard InChI is InChI=1S/C30H38FN5O2S/c1-21-16-32-17-28-30(21)25(14-24-6-10-34(19-24)18-23-7-11-35(12-8-23)22(2)37)20-36(28)27-5-4-26(31)15-29(27)39(38)13-3-9-33-39/h4-5,15-17,20,23-24H,3,6-14,18-19H2,1-2H3/t24-,39?/m1/s1. The van der Waals surface area contributed by atoms with Crippen molar-refractivity contribution in [1.82, 2.24) is 19.4 Å². The van der Waals surface area contributed by atoms with Crippen LogP contribution < -0.4 is 0 Å². The predicted octanol–water partition coefficient (Wildman–Crippen LogP) is 4.83. The summed E-state index contributed by atoms with van der Waals surface area (Å²) < 4.78 is 34.6. The molecule has 3 aliphatic heterocycles. The summed E-state index contributed by atoms with van der Waals surface area (Å²) in [6.07, 6.45) is 11.0. The third-order valence-corrected chi connectivity index (χ3v) is 11.3. The van der Waals surface area contributed by atoms with E-state index in [9.17, 15) is 13.4 Å². The zero-order chi connectivity index (χ0) is 27.1. The fourth-order valence-corrected chi connectivity index (χ4v) is 9.03. The lowest BCUT2D eigenvalue weighted by atomic mass is 9.96. The van der Waals surface area contributed by atoms with Gasteiger partial charge < -0.3 is 14.4 Å². The molecule has 2 fully saturated rings. The van der Waals surface area contributed by atoms with E-state index in [1.54, 1.807) is 13.0 Å². The van der Waals surface area contributed by atoms with Crippen LogP contribution in [0.4, 0.5) is 4.39 Å². The number of aryl methyl sites for hydroxylation is 1. The normalized spacial score (nSPS) is 24.5. The first-order valence-electron chi connectivity index (χ1n) is 14.2. The molecule has 0 radical (unpaired) electrons. The van der Waals surface area contributed by atoms with Crippen LogP contribution in [0.3, 0.4) is 0 Å². The summed E-state index contributed by atoms with van der Waals surface area (Å²) in [5, 5.41) is 1.19. The lowest BCUT2D eigenvalue weighted by molar-refractivity contribution is -0.130. The number of fused-ring (bicyclic) bond motifs is 1. The number of likely N-dealkylation sites (tertiary alicyclic amines) is 2. The molecule has 7 nitrogen and oxygen atoms in total. The zero-order valence-corrected chi connectivity index (χ0v) is 23.8. The quantitative estimate of drug-likeness (QED) is 0.440. The maximum atomic E-state index is 14.4. The van der Waals surface area contributed by atoms with E-state index in [4.69, 9.17) is 0 Å². The van der Waals surface area contributed by atoms with Gasteiger partial charge in [-0.3, -0.25) is 9.78 Å². The van der Waals surface area contributed by atoms with E-state index in [0.717, 1.165) is 81.6 Å². The second-order valence-corrected chi connectivity index (χ2v) is 14.0. The molecule has 3 aromatic rings. The maximum Gasteiger partial charge on any atom is 0.219 e. The minimum Gasteiger partial charge on any atom is -0.343 e. The van der Waals surface area contributed by atoms with Gasteiger partial charge in [-0.1, -0.05) is 0 Å². The van der Waals surface area contributed by atoms with Crippen molar-refractivity contribution in [3.05, 3.63) is 53.7 Å². The van der Waals surface area contributed by atoms with Crippen LogP contribution in [0.1, 0.15) is 43.7 Å². The van der Waals surface area contributed by atoms with Crippen molar-refractivity contribution < 1.29 is 13.4 Å². The number of carbonyl (C=O) groups excluding carboxylic acids is 1. The van der Waals surface area contributed by atoms with E-state index in [1.807, 2.05) is 17.3 Å². The Bertz CT molecular complexity index is 1520. The molecule has 39 heavy (non-hydrogen) atoms. The van der Waals surface area contributed by atoms with E-state index in [1.165, 1.54) is 23.1 Å². The van der Waals surface area contributed by atoms with Gasteiger partial charge in [0.1, 0.15) is 5.82 Å². The van der Waals surface area contributed by atoms with Gasteiger partial charge in [0, 0.05) is 63.2 Å². The highest BCUT2D eigenvalue weighted by Gasteiger charge is 2.29. The molecule has 5 heterocycles. The Balaban J connectivity index is 1.25. The molecule has 3 aliphatic rings. The number of pyridine rings is 1. The van der Waals surface area contributed by atoms with Gasteiger partial charge >= 0.3 is 0 Å². The number of benzene rings is 1. The highest BCUT2D eigenvalue weighted by molar-refractivity contribution is 7.94. The molecule has 2 atom stereocenters. The Morgan fingerprint density at radius 1 is 1.13 bits per heavy atom. The number of nitrogens with zero attached hydrogens (tertiary/aromatic N) is 5. The molecule has 1 amide bonds. The van der Waals surface area contributed by atoms with Crippen LogP contribution in [0.15, 0.2) is 46.0 Å². The Morgan fingerprint density at radius 3 is 2.67 bits per heavy atom. The molecule has 0 aliphatic carbocycles. The second kappa shape index (κ2) is 10.7. The Morgan fingerprint density at radius 2 is 1.92 bits per heavy atom. The van der Waals surface area contributed by atoms with Crippen molar-refractivity contribution >= 4 is 26.5 Å². The van der Waals surface area contributed by atoms with E-state index >= 15 is 0 Å². The highest BCUT2D eigenvalue weighted by atomic mass is 32.2. The lowest BCUT2D eigenvalue weighted by Gasteiger charge is -2.33. The van der Waals surface area contributed by atoms with Crippen molar-refractivity contribution in [2.24, 2.45) is 16.2 Å². The van der Waals surface area contributed by atoms with Gasteiger partial charge in [0.05, 0.1) is 32.0 Å². The van der Waals surface area contributed by atoms with Gasteiger partial charge in [-0.2, -0.15) is 0 Å². The first-order valence-corrected chi connectivity index (χ1v) is 15.9. The Hall–Kier alpha value is -2.78. The number of aromatic nitrogens is 2. The van der Waals surface area contributed by atoms with Crippen LogP contribution in [-0.2, 0) is 20.9 Å². The van der Waals surface area contributed by atoms with Crippen molar-refractivity contribution in [2.75, 3.05) is 45.0 Å². The number of amides is 1. The molecule has 1 aromatic carbocycles. The molecule has 0 bridgehead atoms. The fourth-order valence-electron chi connectivity index (χ4n) is 6.81. The van der Waals surface area contributed by atoms with E-state index in [2.05, 4.69) is 31.9 Å². The third kappa shape index (κ3) is 5.23. The Kier molecular flexibility index (Phi) is 7.22. The monoisotopic (exact) mass is 551 g/mol. The van der Waals surface area contributed by atoms with Crippen LogP contribution in [-0.4, -0.2) is 74.5 Å². The van der Waals surface area contributed by atoms with E-state index < -0.39 is 9.73 Å². The first-order chi connectivity index (χ1) is 18.8. The summed E-state index contributed by atoms with van der Waals surface area (Å²) in [6.45, 7) is 9.40. The third-order valence-electron chi connectivity index (χ3n) is 8.84. The summed E-state index contributed by atoms with van der Waals surface area (Å²) in [7, 11) is -2.64. The number of halogens is 1. The maximum absolute atomic E-state index is 14.4. The van der Waals surface area contributed by atoms with Gasteiger partial charge in [0.2, 0.25) is 5.91 Å². The molecule has 2 aromatic heterocycles. The first kappa shape index (κ1) is 26.4. The summed E-state index contributed by atoms with van der Waals surface area (Å²) >= 11 is 0. The van der Waals surface area contributed by atoms with Gasteiger partial charge in [-0.25, -0.2) is 13.0 Å². The lowest BCUT2D eigenvalue weighted by Crippen LogP contribution is -2.40. The molecule has 1 unspecified atom stereocenters. The molecular weight excluding hydrogens is 513 g/mol. The van der Waals surface area contributed by atoms with Crippen LogP contribution >= 0.6 is 0 Å². The minimum absolute atomic E-state index is 0.191. The van der Waals surface area contributed by atoms with Crippen molar-refractivity contribution in [3.63, 3.8) is 0 Å². The molecule has 0 N–H and O–H groups in total. The summed E-state index contributed by atoms with van der Waals surface area (Å²) in [5.74, 6) is 1.50. The number of hydrogen-bond donors (Lipinski definition) is 0. The van der Waals surface area contributed by atoms with Crippen LogP contribution in [0, 0.1) is 24.6 Å². The molecule has 0 spiro atoms. The Labute approximate surface area is 230 Å². The molecule has 9 heteroatoms. The zero-order valence-electron chi connectivity index (χ0n) is 22.9. The van der Waals surface area contributed by atoms with Crippen molar-refractivity contribution in [1.29, 1.82) is 0 Å². The SMILES string of the molecule is CC(=O)N1CCC(CN2CC[C@H](Cc3cn(-c4ccc(F)cc4S4(=O)=NCCC4)c4cncc(C)c34)C2)CC1. The largest absolute Gasteiger partial charge is 0.343 e. The summed E-state index contributed by atoms with van der Waals surface area (Å²) in [5.41, 5.74) is 4.08. The number of piperidine rings is 1. The predicted molar refractivity (Wildman–Crippen MR) is 152 cm³/mol. The topological polar surface area (TPSA) is 70.8 Å². The molecule has 208 valence electrons. The minimum atomic E-state index is -2.64. The van der Waals surface area contributed by atoms with Gasteiger partial charge in [0.15, 0.2) is 0 Å². The smallest absolute Gasteiger partial charge is 0.219 e. The number of rotatable bonds is 6. The molecule has 2 saturated heterocycles.